The van der Waals surface area contributed by atoms with E-state index in [2.05, 4.69) is 10.6 Å². The Bertz CT molecular complexity index is 643. The number of urea groups is 1. The molecular formula is C14H13FN4O. The first-order valence-electron chi connectivity index (χ1n) is 5.84. The van der Waals surface area contributed by atoms with Crippen LogP contribution < -0.4 is 16.4 Å². The van der Waals surface area contributed by atoms with E-state index in [-0.39, 0.29) is 11.3 Å². The predicted octanol–water partition coefficient (Wildman–Crippen LogP) is 2.75. The minimum Gasteiger partial charge on any atom is -0.384 e. The molecule has 0 saturated carbocycles. The molecule has 0 aliphatic heterocycles. The lowest BCUT2D eigenvalue weighted by Crippen LogP contribution is -2.23. The van der Waals surface area contributed by atoms with Crippen molar-refractivity contribution in [1.82, 2.24) is 0 Å². The van der Waals surface area contributed by atoms with Gasteiger partial charge in [-0.25, -0.2) is 9.18 Å². The molecule has 20 heavy (non-hydrogen) atoms. The average Bonchev–Trinajstić information content (AvgIpc) is 2.39. The molecule has 0 fully saturated rings. The SMILES string of the molecule is N=C(N)c1c(F)cccc1NC(=O)Nc1ccccc1. The molecule has 2 rings (SSSR count). The van der Waals surface area contributed by atoms with Crippen molar-refractivity contribution in [2.75, 3.05) is 10.6 Å². The van der Waals surface area contributed by atoms with Gasteiger partial charge in [0.05, 0.1) is 11.3 Å². The number of hydrogen-bond acceptors (Lipinski definition) is 2. The molecular weight excluding hydrogens is 259 g/mol. The Morgan fingerprint density at radius 3 is 2.40 bits per heavy atom. The third-order valence-electron chi connectivity index (χ3n) is 2.56. The summed E-state index contributed by atoms with van der Waals surface area (Å²) in [7, 11) is 0. The van der Waals surface area contributed by atoms with E-state index >= 15 is 0 Å². The van der Waals surface area contributed by atoms with E-state index in [1.54, 1.807) is 24.3 Å². The molecule has 0 unspecified atom stereocenters. The largest absolute Gasteiger partial charge is 0.384 e. The van der Waals surface area contributed by atoms with E-state index < -0.39 is 17.7 Å². The van der Waals surface area contributed by atoms with Crippen LogP contribution in [0, 0.1) is 11.2 Å². The first-order chi connectivity index (χ1) is 9.58. The van der Waals surface area contributed by atoms with Crippen LogP contribution >= 0.6 is 0 Å². The molecule has 2 amide bonds. The molecule has 0 aliphatic rings. The first kappa shape index (κ1) is 13.5. The van der Waals surface area contributed by atoms with Crippen LogP contribution in [0.15, 0.2) is 48.5 Å². The second kappa shape index (κ2) is 5.83. The maximum absolute atomic E-state index is 13.6. The van der Waals surface area contributed by atoms with Gasteiger partial charge in [0.2, 0.25) is 0 Å². The number of carbonyl (C=O) groups is 1. The van der Waals surface area contributed by atoms with Crippen molar-refractivity contribution in [1.29, 1.82) is 5.41 Å². The fraction of sp³-hybridized carbons (Fsp3) is 0. The summed E-state index contributed by atoms with van der Waals surface area (Å²) >= 11 is 0. The average molecular weight is 272 g/mol. The molecule has 0 aliphatic carbocycles. The maximum Gasteiger partial charge on any atom is 0.323 e. The molecule has 0 heterocycles. The van der Waals surface area contributed by atoms with Gasteiger partial charge < -0.3 is 16.4 Å². The van der Waals surface area contributed by atoms with Gasteiger partial charge in [-0.3, -0.25) is 5.41 Å². The van der Waals surface area contributed by atoms with E-state index in [1.165, 1.54) is 18.2 Å². The number of anilines is 2. The number of benzene rings is 2. The minimum absolute atomic E-state index is 0.129. The summed E-state index contributed by atoms with van der Waals surface area (Å²) in [5.74, 6) is -1.10. The Balaban J connectivity index is 2.16. The number of hydrogen-bond donors (Lipinski definition) is 4. The van der Waals surface area contributed by atoms with E-state index in [9.17, 15) is 9.18 Å². The summed E-state index contributed by atoms with van der Waals surface area (Å²) < 4.78 is 13.6. The number of amidine groups is 1. The highest BCUT2D eigenvalue weighted by Crippen LogP contribution is 2.18. The zero-order valence-corrected chi connectivity index (χ0v) is 10.5. The number of nitrogen functional groups attached to an aromatic ring is 1. The Kier molecular flexibility index (Phi) is 3.95. The van der Waals surface area contributed by atoms with E-state index in [1.807, 2.05) is 6.07 Å². The zero-order valence-electron chi connectivity index (χ0n) is 10.5. The van der Waals surface area contributed by atoms with Gasteiger partial charge in [0.15, 0.2) is 0 Å². The van der Waals surface area contributed by atoms with Crippen molar-refractivity contribution in [3.8, 4) is 0 Å². The van der Waals surface area contributed by atoms with Gasteiger partial charge in [-0.05, 0) is 24.3 Å². The van der Waals surface area contributed by atoms with E-state index in [0.29, 0.717) is 5.69 Å². The molecule has 2 aromatic rings. The zero-order chi connectivity index (χ0) is 14.5. The van der Waals surface area contributed by atoms with Crippen molar-refractivity contribution >= 4 is 23.2 Å². The summed E-state index contributed by atoms with van der Waals surface area (Å²) in [6, 6.07) is 12.4. The molecule has 0 radical (unpaired) electrons. The molecule has 5 nitrogen and oxygen atoms in total. The van der Waals surface area contributed by atoms with Crippen LogP contribution in [-0.4, -0.2) is 11.9 Å². The van der Waals surface area contributed by atoms with Crippen molar-refractivity contribution in [3.63, 3.8) is 0 Å². The van der Waals surface area contributed by atoms with Crippen molar-refractivity contribution in [3.05, 3.63) is 59.9 Å². The normalized spacial score (nSPS) is 9.85. The Labute approximate surface area is 115 Å². The molecule has 0 saturated heterocycles. The van der Waals surface area contributed by atoms with Gasteiger partial charge in [-0.15, -0.1) is 0 Å². The highest BCUT2D eigenvalue weighted by atomic mass is 19.1. The molecule has 0 atom stereocenters. The second-order valence-electron chi connectivity index (χ2n) is 4.02. The molecule has 6 heteroatoms. The van der Waals surface area contributed by atoms with Crippen LogP contribution in [0.2, 0.25) is 0 Å². The van der Waals surface area contributed by atoms with Gasteiger partial charge in [0.1, 0.15) is 11.7 Å². The highest BCUT2D eigenvalue weighted by molar-refractivity contribution is 6.06. The number of para-hydroxylation sites is 1. The van der Waals surface area contributed by atoms with Crippen molar-refractivity contribution in [2.45, 2.75) is 0 Å². The molecule has 5 N–H and O–H groups in total. The van der Waals surface area contributed by atoms with Gasteiger partial charge in [-0.2, -0.15) is 0 Å². The number of nitrogens with two attached hydrogens (primary N) is 1. The van der Waals surface area contributed by atoms with Crippen LogP contribution in [0.1, 0.15) is 5.56 Å². The maximum atomic E-state index is 13.6. The molecule has 0 bridgehead atoms. The predicted molar refractivity (Wildman–Crippen MR) is 76.5 cm³/mol. The summed E-state index contributed by atoms with van der Waals surface area (Å²) in [5.41, 5.74) is 5.93. The van der Waals surface area contributed by atoms with Gasteiger partial charge >= 0.3 is 6.03 Å². The monoisotopic (exact) mass is 272 g/mol. The molecule has 0 aromatic heterocycles. The smallest absolute Gasteiger partial charge is 0.323 e. The third-order valence-corrected chi connectivity index (χ3v) is 2.56. The van der Waals surface area contributed by atoms with Crippen LogP contribution in [0.4, 0.5) is 20.6 Å². The summed E-state index contributed by atoms with van der Waals surface area (Å²) in [5, 5.41) is 12.4. The van der Waals surface area contributed by atoms with Gasteiger partial charge in [-0.1, -0.05) is 24.3 Å². The lowest BCUT2D eigenvalue weighted by molar-refractivity contribution is 0.262. The van der Waals surface area contributed by atoms with E-state index in [4.69, 9.17) is 11.1 Å². The Morgan fingerprint density at radius 2 is 1.75 bits per heavy atom. The molecule has 2 aromatic carbocycles. The van der Waals surface area contributed by atoms with Gasteiger partial charge in [0.25, 0.3) is 0 Å². The number of nitrogens with one attached hydrogen (secondary N) is 3. The summed E-state index contributed by atoms with van der Waals surface area (Å²) in [6.45, 7) is 0. The van der Waals surface area contributed by atoms with Crippen molar-refractivity contribution in [2.24, 2.45) is 5.73 Å². The van der Waals surface area contributed by atoms with Gasteiger partial charge in [0, 0.05) is 5.69 Å². The number of rotatable bonds is 3. The standard InChI is InChI=1S/C14H13FN4O/c15-10-7-4-8-11(12(10)13(16)17)19-14(20)18-9-5-2-1-3-6-9/h1-8H,(H3,16,17)(H2,18,19,20). The van der Waals surface area contributed by atoms with Crippen LogP contribution in [0.5, 0.6) is 0 Å². The Hall–Kier alpha value is -2.89. The van der Waals surface area contributed by atoms with Crippen LogP contribution in [-0.2, 0) is 0 Å². The molecule has 102 valence electrons. The fourth-order valence-corrected chi connectivity index (χ4v) is 1.71. The van der Waals surface area contributed by atoms with E-state index in [0.717, 1.165) is 0 Å². The van der Waals surface area contributed by atoms with Crippen LogP contribution in [0.3, 0.4) is 0 Å². The topological polar surface area (TPSA) is 91.0 Å². The highest BCUT2D eigenvalue weighted by Gasteiger charge is 2.13. The fourth-order valence-electron chi connectivity index (χ4n) is 1.71. The summed E-state index contributed by atoms with van der Waals surface area (Å²) in [6.07, 6.45) is 0. The first-order valence-corrected chi connectivity index (χ1v) is 5.84. The lowest BCUT2D eigenvalue weighted by Gasteiger charge is -2.11. The molecule has 0 spiro atoms. The number of amides is 2. The summed E-state index contributed by atoms with van der Waals surface area (Å²) in [4.78, 5) is 11.8. The number of halogens is 1. The lowest BCUT2D eigenvalue weighted by atomic mass is 10.1. The van der Waals surface area contributed by atoms with Crippen molar-refractivity contribution < 1.29 is 9.18 Å². The number of carbonyl (C=O) groups excluding carboxylic acids is 1. The minimum atomic E-state index is -0.657. The third kappa shape index (κ3) is 3.11. The second-order valence-corrected chi connectivity index (χ2v) is 4.02. The Morgan fingerprint density at radius 1 is 1.05 bits per heavy atom. The van der Waals surface area contributed by atoms with Crippen LogP contribution in [0.25, 0.3) is 0 Å². The quantitative estimate of drug-likeness (QED) is 0.511.